The first kappa shape index (κ1) is 25.2. The predicted molar refractivity (Wildman–Crippen MR) is 139 cm³/mol. The summed E-state index contributed by atoms with van der Waals surface area (Å²) >= 11 is 0. The van der Waals surface area contributed by atoms with Crippen LogP contribution < -0.4 is 5.43 Å². The number of aromatic carboxylic acids is 2. The molecule has 0 unspecified atom stereocenters. The van der Waals surface area contributed by atoms with Gasteiger partial charge >= 0.3 is 11.9 Å². The number of hydrazone groups is 1. The van der Waals surface area contributed by atoms with Crippen LogP contribution in [0.2, 0.25) is 0 Å². The highest BCUT2D eigenvalue weighted by Crippen LogP contribution is 2.23. The fourth-order valence-electron chi connectivity index (χ4n) is 4.39. The number of rotatable bonds is 7. The second-order valence-corrected chi connectivity index (χ2v) is 8.74. The average molecular weight is 499 g/mol. The topological polar surface area (TPSA) is 126 Å². The van der Waals surface area contributed by atoms with Crippen LogP contribution in [0.1, 0.15) is 59.4 Å². The molecule has 0 aliphatic carbocycles. The Labute approximate surface area is 213 Å². The highest BCUT2D eigenvalue weighted by molar-refractivity contribution is 5.96. The zero-order chi connectivity index (χ0) is 26.9. The molecule has 0 spiro atoms. The number of carboxylic acid groups (broad SMARTS) is 2. The summed E-state index contributed by atoms with van der Waals surface area (Å²) in [5.74, 6) is -2.81. The molecular weight excluding hydrogens is 472 g/mol. The van der Waals surface area contributed by atoms with Gasteiger partial charge in [-0.2, -0.15) is 5.10 Å². The number of nitrogens with zero attached hydrogens (tertiary/aromatic N) is 3. The Morgan fingerprint density at radius 2 is 1.32 bits per heavy atom. The van der Waals surface area contributed by atoms with E-state index in [1.807, 2.05) is 51.1 Å². The van der Waals surface area contributed by atoms with Crippen molar-refractivity contribution in [2.45, 2.75) is 27.7 Å². The first-order chi connectivity index (χ1) is 17.6. The Kier molecular flexibility index (Phi) is 6.79. The standard InChI is InChI=1S/C28H26N4O5/c1-16-8-9-17(2)31(16)24-7-5-6-20(12-24)26(33)30-29-15-23-10-18(3)32(19(23)4)25-13-21(27(34)35)11-22(14-25)28(36)37/h5-15H,1-4H3,(H,30,33)(H,34,35)(H,36,37)/b29-15-. The Morgan fingerprint density at radius 3 is 1.92 bits per heavy atom. The van der Waals surface area contributed by atoms with Gasteiger partial charge in [-0.1, -0.05) is 6.07 Å². The fourth-order valence-corrected chi connectivity index (χ4v) is 4.39. The highest BCUT2D eigenvalue weighted by Gasteiger charge is 2.16. The summed E-state index contributed by atoms with van der Waals surface area (Å²) in [6, 6.07) is 17.1. The maximum absolute atomic E-state index is 12.8. The number of aryl methyl sites for hydroxylation is 3. The quantitative estimate of drug-likeness (QED) is 0.252. The third-order valence-corrected chi connectivity index (χ3v) is 6.15. The SMILES string of the molecule is Cc1ccc(C)n1-c1cccc(C(=O)N/N=C\c2cc(C)n(-c3cc(C(=O)O)cc(C(=O)O)c3)c2C)c1. The molecule has 9 heteroatoms. The summed E-state index contributed by atoms with van der Waals surface area (Å²) < 4.78 is 3.80. The molecule has 2 aromatic carbocycles. The Morgan fingerprint density at radius 1 is 0.730 bits per heavy atom. The first-order valence-corrected chi connectivity index (χ1v) is 11.5. The van der Waals surface area contributed by atoms with Crippen molar-refractivity contribution in [2.75, 3.05) is 0 Å². The van der Waals surface area contributed by atoms with E-state index in [1.54, 1.807) is 23.6 Å². The molecule has 37 heavy (non-hydrogen) atoms. The lowest BCUT2D eigenvalue weighted by atomic mass is 10.1. The van der Waals surface area contributed by atoms with Crippen molar-refractivity contribution in [3.63, 3.8) is 0 Å². The van der Waals surface area contributed by atoms with Crippen LogP contribution >= 0.6 is 0 Å². The van der Waals surface area contributed by atoms with Crippen LogP contribution in [-0.2, 0) is 0 Å². The summed E-state index contributed by atoms with van der Waals surface area (Å²) in [4.78, 5) is 35.8. The first-order valence-electron chi connectivity index (χ1n) is 11.5. The van der Waals surface area contributed by atoms with Gasteiger partial charge in [0.05, 0.1) is 17.3 Å². The third-order valence-electron chi connectivity index (χ3n) is 6.15. The van der Waals surface area contributed by atoms with Gasteiger partial charge in [0.1, 0.15) is 0 Å². The molecule has 1 amide bonds. The van der Waals surface area contributed by atoms with E-state index in [2.05, 4.69) is 15.1 Å². The van der Waals surface area contributed by atoms with Crippen molar-refractivity contribution in [1.29, 1.82) is 0 Å². The van der Waals surface area contributed by atoms with Gasteiger partial charge in [0.25, 0.3) is 5.91 Å². The summed E-state index contributed by atoms with van der Waals surface area (Å²) in [5.41, 5.74) is 8.29. The van der Waals surface area contributed by atoms with E-state index in [0.29, 0.717) is 22.5 Å². The van der Waals surface area contributed by atoms with Gasteiger partial charge in [-0.05, 0) is 82.3 Å². The summed E-state index contributed by atoms with van der Waals surface area (Å²) in [6.45, 7) is 7.62. The second-order valence-electron chi connectivity index (χ2n) is 8.74. The van der Waals surface area contributed by atoms with E-state index in [0.717, 1.165) is 28.8 Å². The molecule has 0 fully saturated rings. The van der Waals surface area contributed by atoms with Gasteiger partial charge in [-0.15, -0.1) is 0 Å². The molecule has 3 N–H and O–H groups in total. The monoisotopic (exact) mass is 498 g/mol. The number of nitrogens with one attached hydrogen (secondary N) is 1. The zero-order valence-electron chi connectivity index (χ0n) is 20.8. The van der Waals surface area contributed by atoms with Crippen molar-refractivity contribution in [1.82, 2.24) is 14.6 Å². The Hall–Kier alpha value is -4.92. The van der Waals surface area contributed by atoms with E-state index >= 15 is 0 Å². The van der Waals surface area contributed by atoms with Gasteiger partial charge < -0.3 is 19.3 Å². The molecule has 0 aliphatic heterocycles. The number of benzene rings is 2. The van der Waals surface area contributed by atoms with Crippen molar-refractivity contribution in [3.8, 4) is 11.4 Å². The van der Waals surface area contributed by atoms with E-state index in [9.17, 15) is 24.6 Å². The fraction of sp³-hybridized carbons (Fsp3) is 0.143. The number of amides is 1. The van der Waals surface area contributed by atoms with Crippen LogP contribution in [0.15, 0.2) is 65.8 Å². The minimum absolute atomic E-state index is 0.127. The predicted octanol–water partition coefficient (Wildman–Crippen LogP) is 4.66. The number of hydrogen-bond donors (Lipinski definition) is 3. The molecule has 4 aromatic rings. The van der Waals surface area contributed by atoms with Crippen LogP contribution in [0, 0.1) is 27.7 Å². The number of carbonyl (C=O) groups is 3. The van der Waals surface area contributed by atoms with Gasteiger partial charge in [-0.25, -0.2) is 15.0 Å². The van der Waals surface area contributed by atoms with Crippen LogP contribution in [-0.4, -0.2) is 43.4 Å². The number of carboxylic acids is 2. The molecule has 188 valence electrons. The minimum Gasteiger partial charge on any atom is -0.478 e. The maximum Gasteiger partial charge on any atom is 0.335 e. The lowest BCUT2D eigenvalue weighted by Crippen LogP contribution is -2.18. The van der Waals surface area contributed by atoms with Crippen LogP contribution in [0.5, 0.6) is 0 Å². The van der Waals surface area contributed by atoms with Gasteiger partial charge in [0.15, 0.2) is 0 Å². The molecule has 2 heterocycles. The Bertz CT molecular complexity index is 1520. The highest BCUT2D eigenvalue weighted by atomic mass is 16.4. The van der Waals surface area contributed by atoms with Crippen LogP contribution in [0.25, 0.3) is 11.4 Å². The molecule has 9 nitrogen and oxygen atoms in total. The molecule has 0 radical (unpaired) electrons. The van der Waals surface area contributed by atoms with E-state index in [4.69, 9.17) is 0 Å². The summed E-state index contributed by atoms with van der Waals surface area (Å²) in [6.07, 6.45) is 1.50. The molecule has 0 bridgehead atoms. The van der Waals surface area contributed by atoms with E-state index in [-0.39, 0.29) is 17.0 Å². The normalized spacial score (nSPS) is 11.1. The summed E-state index contributed by atoms with van der Waals surface area (Å²) in [7, 11) is 0. The minimum atomic E-state index is -1.22. The zero-order valence-corrected chi connectivity index (χ0v) is 20.8. The van der Waals surface area contributed by atoms with Crippen LogP contribution in [0.4, 0.5) is 0 Å². The van der Waals surface area contributed by atoms with E-state index in [1.165, 1.54) is 18.3 Å². The smallest absolute Gasteiger partial charge is 0.335 e. The molecule has 0 saturated heterocycles. The molecule has 0 saturated carbocycles. The van der Waals surface area contributed by atoms with Gasteiger partial charge in [0.2, 0.25) is 0 Å². The molecular formula is C28H26N4O5. The third kappa shape index (κ3) is 5.06. The molecule has 2 aromatic heterocycles. The van der Waals surface area contributed by atoms with Crippen molar-refractivity contribution >= 4 is 24.1 Å². The molecule has 0 aliphatic rings. The van der Waals surface area contributed by atoms with Gasteiger partial charge in [-0.3, -0.25) is 4.79 Å². The van der Waals surface area contributed by atoms with Crippen molar-refractivity contribution in [2.24, 2.45) is 5.10 Å². The second kappa shape index (κ2) is 9.98. The number of aromatic nitrogens is 2. The Balaban J connectivity index is 1.58. The summed E-state index contributed by atoms with van der Waals surface area (Å²) in [5, 5.41) is 22.9. The lowest BCUT2D eigenvalue weighted by Gasteiger charge is -2.12. The van der Waals surface area contributed by atoms with Gasteiger partial charge in [0, 0.05) is 45.3 Å². The number of hydrogen-bond acceptors (Lipinski definition) is 4. The molecule has 4 rings (SSSR count). The largest absolute Gasteiger partial charge is 0.478 e. The van der Waals surface area contributed by atoms with Crippen molar-refractivity contribution < 1.29 is 24.6 Å². The maximum atomic E-state index is 12.8. The van der Waals surface area contributed by atoms with E-state index < -0.39 is 11.9 Å². The van der Waals surface area contributed by atoms with Crippen LogP contribution in [0.3, 0.4) is 0 Å². The molecule has 0 atom stereocenters. The van der Waals surface area contributed by atoms with Crippen molar-refractivity contribution in [3.05, 3.63) is 106 Å². The lowest BCUT2D eigenvalue weighted by molar-refractivity contribution is 0.0696. The number of carbonyl (C=O) groups excluding carboxylic acids is 1. The average Bonchev–Trinajstić information content (AvgIpc) is 3.35.